The molecular weight excluding hydrogens is 244 g/mol. The summed E-state index contributed by atoms with van der Waals surface area (Å²) in [6.07, 6.45) is 3.61. The SMILES string of the molecule is CC1CCC(NC(=O)C2CCNC2C)(C(=O)O)CC1. The highest BCUT2D eigenvalue weighted by Crippen LogP contribution is 2.33. The Balaban J connectivity index is 2.04. The summed E-state index contributed by atoms with van der Waals surface area (Å²) in [6.45, 7) is 4.94. The largest absolute Gasteiger partial charge is 0.480 e. The minimum atomic E-state index is -1.04. The van der Waals surface area contributed by atoms with Crippen molar-refractivity contribution >= 4 is 11.9 Å². The molecule has 0 bridgehead atoms. The highest BCUT2D eigenvalue weighted by Gasteiger charge is 2.44. The van der Waals surface area contributed by atoms with E-state index in [9.17, 15) is 14.7 Å². The van der Waals surface area contributed by atoms with Crippen molar-refractivity contribution in [3.8, 4) is 0 Å². The third kappa shape index (κ3) is 2.91. The Hall–Kier alpha value is -1.10. The lowest BCUT2D eigenvalue weighted by Crippen LogP contribution is -2.58. The second-order valence-corrected chi connectivity index (χ2v) is 6.20. The average Bonchev–Trinajstić information content (AvgIpc) is 2.78. The Kier molecular flexibility index (Phi) is 4.13. The minimum Gasteiger partial charge on any atom is -0.480 e. The number of rotatable bonds is 3. The van der Waals surface area contributed by atoms with Crippen molar-refractivity contribution in [1.82, 2.24) is 10.6 Å². The molecule has 2 rings (SSSR count). The molecule has 2 fully saturated rings. The molecule has 5 nitrogen and oxygen atoms in total. The fourth-order valence-corrected chi connectivity index (χ4v) is 3.19. The average molecular weight is 268 g/mol. The lowest BCUT2D eigenvalue weighted by Gasteiger charge is -2.37. The van der Waals surface area contributed by atoms with Gasteiger partial charge in [0.05, 0.1) is 5.92 Å². The van der Waals surface area contributed by atoms with Gasteiger partial charge in [0.2, 0.25) is 5.91 Å². The number of carbonyl (C=O) groups is 2. The first-order valence-electron chi connectivity index (χ1n) is 7.23. The van der Waals surface area contributed by atoms with Gasteiger partial charge in [-0.25, -0.2) is 4.79 Å². The number of nitrogens with one attached hydrogen (secondary N) is 2. The minimum absolute atomic E-state index is 0.101. The molecule has 2 unspecified atom stereocenters. The Bertz CT molecular complexity index is 362. The standard InChI is InChI=1S/C14H24N2O3/c1-9-3-6-14(7-4-9,13(18)19)16-12(17)11-5-8-15-10(11)2/h9-11,15H,3-8H2,1-2H3,(H,16,17)(H,18,19). The van der Waals surface area contributed by atoms with Gasteiger partial charge in [-0.1, -0.05) is 6.92 Å². The molecule has 1 saturated heterocycles. The van der Waals surface area contributed by atoms with Crippen LogP contribution in [0.2, 0.25) is 0 Å². The van der Waals surface area contributed by atoms with E-state index >= 15 is 0 Å². The molecule has 0 aromatic carbocycles. The maximum absolute atomic E-state index is 12.3. The van der Waals surface area contributed by atoms with Gasteiger partial charge in [-0.15, -0.1) is 0 Å². The van der Waals surface area contributed by atoms with Crippen LogP contribution in [0.15, 0.2) is 0 Å². The molecular formula is C14H24N2O3. The Morgan fingerprint density at radius 3 is 2.32 bits per heavy atom. The van der Waals surface area contributed by atoms with E-state index in [-0.39, 0.29) is 17.9 Å². The number of hydrogen-bond donors (Lipinski definition) is 3. The van der Waals surface area contributed by atoms with Gasteiger partial charge in [-0.2, -0.15) is 0 Å². The molecule has 0 spiro atoms. The number of carboxylic acids is 1. The van der Waals surface area contributed by atoms with E-state index in [4.69, 9.17) is 0 Å². The van der Waals surface area contributed by atoms with Crippen LogP contribution in [-0.2, 0) is 9.59 Å². The molecule has 1 aliphatic carbocycles. The van der Waals surface area contributed by atoms with Gasteiger partial charge < -0.3 is 15.7 Å². The summed E-state index contributed by atoms with van der Waals surface area (Å²) in [7, 11) is 0. The van der Waals surface area contributed by atoms with Gasteiger partial charge in [0.25, 0.3) is 0 Å². The van der Waals surface area contributed by atoms with E-state index in [0.717, 1.165) is 25.8 Å². The summed E-state index contributed by atoms with van der Waals surface area (Å²) >= 11 is 0. The van der Waals surface area contributed by atoms with Crippen LogP contribution in [0.3, 0.4) is 0 Å². The van der Waals surface area contributed by atoms with Crippen molar-refractivity contribution in [2.45, 2.75) is 57.5 Å². The Labute approximate surface area is 114 Å². The lowest BCUT2D eigenvalue weighted by atomic mass is 9.76. The van der Waals surface area contributed by atoms with E-state index in [0.29, 0.717) is 18.8 Å². The van der Waals surface area contributed by atoms with Crippen molar-refractivity contribution in [1.29, 1.82) is 0 Å². The lowest BCUT2D eigenvalue weighted by molar-refractivity contribution is -0.150. The van der Waals surface area contributed by atoms with Crippen molar-refractivity contribution in [3.05, 3.63) is 0 Å². The monoisotopic (exact) mass is 268 g/mol. The van der Waals surface area contributed by atoms with Crippen molar-refractivity contribution in [3.63, 3.8) is 0 Å². The van der Waals surface area contributed by atoms with E-state index in [1.807, 2.05) is 6.92 Å². The topological polar surface area (TPSA) is 78.4 Å². The van der Waals surface area contributed by atoms with Crippen LogP contribution in [0, 0.1) is 11.8 Å². The molecule has 0 aromatic heterocycles. The molecule has 2 aliphatic rings. The van der Waals surface area contributed by atoms with E-state index in [1.165, 1.54) is 0 Å². The number of aliphatic carboxylic acids is 1. The van der Waals surface area contributed by atoms with Crippen LogP contribution >= 0.6 is 0 Å². The molecule has 1 saturated carbocycles. The summed E-state index contributed by atoms with van der Waals surface area (Å²) in [5, 5.41) is 15.6. The van der Waals surface area contributed by atoms with Gasteiger partial charge in [0, 0.05) is 6.04 Å². The van der Waals surface area contributed by atoms with Crippen LogP contribution < -0.4 is 10.6 Å². The molecule has 108 valence electrons. The fourth-order valence-electron chi connectivity index (χ4n) is 3.19. The van der Waals surface area contributed by atoms with Crippen molar-refractivity contribution in [2.24, 2.45) is 11.8 Å². The van der Waals surface area contributed by atoms with E-state index in [1.54, 1.807) is 0 Å². The Morgan fingerprint density at radius 2 is 1.84 bits per heavy atom. The maximum Gasteiger partial charge on any atom is 0.329 e. The number of amides is 1. The van der Waals surface area contributed by atoms with Gasteiger partial charge in [-0.05, 0) is 51.5 Å². The number of hydrogen-bond acceptors (Lipinski definition) is 3. The predicted molar refractivity (Wildman–Crippen MR) is 71.7 cm³/mol. The molecule has 5 heteroatoms. The summed E-state index contributed by atoms with van der Waals surface area (Å²) in [6, 6.07) is 0.133. The Morgan fingerprint density at radius 1 is 1.21 bits per heavy atom. The summed E-state index contributed by atoms with van der Waals surface area (Å²) in [4.78, 5) is 23.9. The zero-order valence-electron chi connectivity index (χ0n) is 11.7. The van der Waals surface area contributed by atoms with Gasteiger partial charge >= 0.3 is 5.97 Å². The number of carboxylic acid groups (broad SMARTS) is 1. The molecule has 0 aromatic rings. The first-order chi connectivity index (χ1) is 8.94. The molecule has 3 N–H and O–H groups in total. The zero-order chi connectivity index (χ0) is 14.0. The van der Waals surface area contributed by atoms with Gasteiger partial charge in [0.1, 0.15) is 5.54 Å². The van der Waals surface area contributed by atoms with Crippen molar-refractivity contribution < 1.29 is 14.7 Å². The first kappa shape index (κ1) is 14.3. The van der Waals surface area contributed by atoms with Crippen molar-refractivity contribution in [2.75, 3.05) is 6.54 Å². The van der Waals surface area contributed by atoms with Crippen LogP contribution in [0.4, 0.5) is 0 Å². The molecule has 19 heavy (non-hydrogen) atoms. The van der Waals surface area contributed by atoms with Gasteiger partial charge in [0.15, 0.2) is 0 Å². The van der Waals surface area contributed by atoms with Gasteiger partial charge in [-0.3, -0.25) is 4.79 Å². The zero-order valence-corrected chi connectivity index (χ0v) is 11.7. The predicted octanol–water partition coefficient (Wildman–Crippen LogP) is 1.13. The fraction of sp³-hybridized carbons (Fsp3) is 0.857. The first-order valence-corrected chi connectivity index (χ1v) is 7.23. The molecule has 1 aliphatic heterocycles. The van der Waals surface area contributed by atoms with E-state index < -0.39 is 11.5 Å². The van der Waals surface area contributed by atoms with Crippen LogP contribution in [0.5, 0.6) is 0 Å². The quantitative estimate of drug-likeness (QED) is 0.717. The summed E-state index contributed by atoms with van der Waals surface area (Å²) in [5.41, 5.74) is -1.04. The second kappa shape index (κ2) is 5.49. The molecule has 2 atom stereocenters. The number of carbonyl (C=O) groups excluding carboxylic acids is 1. The highest BCUT2D eigenvalue weighted by molar-refractivity contribution is 5.88. The van der Waals surface area contributed by atoms with E-state index in [2.05, 4.69) is 17.6 Å². The van der Waals surface area contributed by atoms with Crippen LogP contribution in [0.25, 0.3) is 0 Å². The maximum atomic E-state index is 12.3. The second-order valence-electron chi connectivity index (χ2n) is 6.20. The third-order valence-corrected chi connectivity index (χ3v) is 4.76. The third-order valence-electron chi connectivity index (χ3n) is 4.76. The van der Waals surface area contributed by atoms with Crippen LogP contribution in [-0.4, -0.2) is 35.1 Å². The molecule has 1 heterocycles. The summed E-state index contributed by atoms with van der Waals surface area (Å²) in [5.74, 6) is -0.534. The van der Waals surface area contributed by atoms with Crippen LogP contribution in [0.1, 0.15) is 46.0 Å². The summed E-state index contributed by atoms with van der Waals surface area (Å²) < 4.78 is 0. The highest BCUT2D eigenvalue weighted by atomic mass is 16.4. The molecule has 1 amide bonds. The molecule has 0 radical (unpaired) electrons. The normalized spacial score (nSPS) is 38.9. The smallest absolute Gasteiger partial charge is 0.329 e.